The van der Waals surface area contributed by atoms with Crippen molar-refractivity contribution >= 4 is 34.4 Å². The molecule has 6 nitrogen and oxygen atoms in total. The highest BCUT2D eigenvalue weighted by Crippen LogP contribution is 2.33. The normalized spacial score (nSPS) is 11.6. The Morgan fingerprint density at radius 2 is 1.90 bits per heavy atom. The molecule has 0 spiro atoms. The van der Waals surface area contributed by atoms with E-state index in [-0.39, 0.29) is 27.6 Å². The zero-order valence-electron chi connectivity index (χ0n) is 14.8. The van der Waals surface area contributed by atoms with Gasteiger partial charge in [-0.15, -0.1) is 0 Å². The molecule has 4 aromatic rings. The van der Waals surface area contributed by atoms with Crippen molar-refractivity contribution < 1.29 is 22.4 Å². The van der Waals surface area contributed by atoms with E-state index in [0.29, 0.717) is 17.4 Å². The van der Waals surface area contributed by atoms with Crippen LogP contribution in [0.2, 0.25) is 5.02 Å². The number of hydrogen-bond donors (Lipinski definition) is 2. The number of carbonyl (C=O) groups is 1. The van der Waals surface area contributed by atoms with Crippen LogP contribution in [-0.2, 0) is 6.18 Å². The monoisotopic (exact) mass is 435 g/mol. The van der Waals surface area contributed by atoms with Gasteiger partial charge in [0.2, 0.25) is 0 Å². The lowest BCUT2D eigenvalue weighted by atomic mass is 10.1. The predicted molar refractivity (Wildman–Crippen MR) is 101 cm³/mol. The van der Waals surface area contributed by atoms with Crippen LogP contribution in [0.25, 0.3) is 22.6 Å². The van der Waals surface area contributed by atoms with Crippen molar-refractivity contribution in [3.8, 4) is 11.4 Å². The molecule has 0 aliphatic carbocycles. The average Bonchev–Trinajstić information content (AvgIpc) is 3.12. The molecule has 2 N–H and O–H groups in total. The number of imidazole rings is 1. The fourth-order valence-electron chi connectivity index (χ4n) is 2.71. The van der Waals surface area contributed by atoms with Gasteiger partial charge in [0, 0.05) is 23.6 Å². The summed E-state index contributed by atoms with van der Waals surface area (Å²) in [4.78, 5) is 26.5. The van der Waals surface area contributed by atoms with Crippen molar-refractivity contribution in [1.82, 2.24) is 19.9 Å². The molecule has 1 amide bonds. The van der Waals surface area contributed by atoms with E-state index >= 15 is 0 Å². The number of amides is 1. The Morgan fingerprint density at radius 1 is 1.10 bits per heavy atom. The Balaban J connectivity index is 1.67. The molecule has 0 aliphatic heterocycles. The minimum atomic E-state index is -4.54. The van der Waals surface area contributed by atoms with Gasteiger partial charge in [0.1, 0.15) is 11.6 Å². The maximum Gasteiger partial charge on any atom is 0.417 e. The van der Waals surface area contributed by atoms with Crippen LogP contribution in [0.4, 0.5) is 23.2 Å². The molecule has 3 heterocycles. The highest BCUT2D eigenvalue weighted by Gasteiger charge is 2.31. The zero-order valence-corrected chi connectivity index (χ0v) is 15.5. The van der Waals surface area contributed by atoms with Crippen molar-refractivity contribution in [1.29, 1.82) is 0 Å². The molecule has 0 saturated carbocycles. The summed E-state index contributed by atoms with van der Waals surface area (Å²) in [7, 11) is 0. The molecule has 0 fully saturated rings. The van der Waals surface area contributed by atoms with Crippen molar-refractivity contribution in [3.05, 3.63) is 70.9 Å². The number of H-pyrrole nitrogens is 1. The third-order valence-electron chi connectivity index (χ3n) is 4.11. The first-order valence-electron chi connectivity index (χ1n) is 8.35. The van der Waals surface area contributed by atoms with Gasteiger partial charge in [-0.2, -0.15) is 13.2 Å². The molecule has 30 heavy (non-hydrogen) atoms. The zero-order chi connectivity index (χ0) is 21.5. The van der Waals surface area contributed by atoms with E-state index < -0.39 is 23.5 Å². The van der Waals surface area contributed by atoms with Crippen molar-refractivity contribution in [2.24, 2.45) is 0 Å². The Labute approximate surface area is 171 Å². The summed E-state index contributed by atoms with van der Waals surface area (Å²) in [5.74, 6) is -1.09. The van der Waals surface area contributed by atoms with E-state index in [1.807, 2.05) is 0 Å². The number of nitrogens with zero attached hydrogens (tertiary/aromatic N) is 3. The molecule has 0 atom stereocenters. The van der Waals surface area contributed by atoms with Crippen LogP contribution < -0.4 is 5.32 Å². The van der Waals surface area contributed by atoms with Gasteiger partial charge in [0.05, 0.1) is 27.9 Å². The highest BCUT2D eigenvalue weighted by atomic mass is 35.5. The number of pyridine rings is 2. The van der Waals surface area contributed by atoms with Crippen LogP contribution >= 0.6 is 11.6 Å². The lowest BCUT2D eigenvalue weighted by molar-refractivity contribution is -0.137. The topological polar surface area (TPSA) is 83.6 Å². The summed E-state index contributed by atoms with van der Waals surface area (Å²) in [5.41, 5.74) is -0.0999. The van der Waals surface area contributed by atoms with Crippen LogP contribution in [-0.4, -0.2) is 25.8 Å². The smallest absolute Gasteiger partial charge is 0.337 e. The molecule has 0 bridgehead atoms. The minimum Gasteiger partial charge on any atom is -0.337 e. The van der Waals surface area contributed by atoms with Crippen LogP contribution in [0.1, 0.15) is 15.9 Å². The molecule has 152 valence electrons. The summed E-state index contributed by atoms with van der Waals surface area (Å²) in [5, 5.41) is 2.82. The number of aromatic amines is 1. The van der Waals surface area contributed by atoms with Gasteiger partial charge >= 0.3 is 6.18 Å². The van der Waals surface area contributed by atoms with E-state index in [9.17, 15) is 22.4 Å². The van der Waals surface area contributed by atoms with Crippen molar-refractivity contribution in [2.75, 3.05) is 5.32 Å². The Bertz CT molecular complexity index is 1270. The van der Waals surface area contributed by atoms with E-state index in [1.54, 1.807) is 0 Å². The summed E-state index contributed by atoms with van der Waals surface area (Å²) in [6, 6.07) is 6.41. The SMILES string of the molecule is O=C(Nc1ccc(Cl)c(-c2nc3ncc(C(F)(F)F)cc3[nH]2)c1)c1cncc(F)c1. The first-order chi connectivity index (χ1) is 14.2. The molecule has 3 aromatic heterocycles. The van der Waals surface area contributed by atoms with Gasteiger partial charge in [-0.05, 0) is 30.3 Å². The van der Waals surface area contributed by atoms with Gasteiger partial charge in [-0.25, -0.2) is 14.4 Å². The predicted octanol–water partition coefficient (Wildman–Crippen LogP) is 5.08. The standard InChI is InChI=1S/C19H10ClF4N5O/c20-14-2-1-12(27-18(30)9-3-11(21)8-25-6-9)5-13(14)16-28-15-4-10(19(22,23)24)7-26-17(15)29-16/h1-8H,(H,27,30)(H,26,28,29). The number of halogens is 5. The Kier molecular flexibility index (Phi) is 4.86. The number of nitrogens with one attached hydrogen (secondary N) is 2. The molecule has 1 aromatic carbocycles. The minimum absolute atomic E-state index is 0.0131. The van der Waals surface area contributed by atoms with Gasteiger partial charge in [-0.3, -0.25) is 9.78 Å². The van der Waals surface area contributed by atoms with Crippen LogP contribution in [0.3, 0.4) is 0 Å². The highest BCUT2D eigenvalue weighted by molar-refractivity contribution is 6.33. The number of benzene rings is 1. The molecule has 0 unspecified atom stereocenters. The second-order valence-electron chi connectivity index (χ2n) is 6.22. The lowest BCUT2D eigenvalue weighted by Crippen LogP contribution is -2.12. The van der Waals surface area contributed by atoms with Crippen molar-refractivity contribution in [3.63, 3.8) is 0 Å². The van der Waals surface area contributed by atoms with Gasteiger partial charge < -0.3 is 10.3 Å². The maximum atomic E-state index is 13.3. The second-order valence-corrected chi connectivity index (χ2v) is 6.63. The van der Waals surface area contributed by atoms with Gasteiger partial charge in [-0.1, -0.05) is 11.6 Å². The van der Waals surface area contributed by atoms with E-state index in [2.05, 4.69) is 25.3 Å². The summed E-state index contributed by atoms with van der Waals surface area (Å²) >= 11 is 6.20. The van der Waals surface area contributed by atoms with Crippen LogP contribution in [0.15, 0.2) is 48.9 Å². The number of rotatable bonds is 3. The largest absolute Gasteiger partial charge is 0.417 e. The Hall–Kier alpha value is -3.53. The number of aromatic nitrogens is 4. The number of alkyl halides is 3. The summed E-state index contributed by atoms with van der Waals surface area (Å²) < 4.78 is 51.9. The molecule has 0 aliphatic rings. The third kappa shape index (κ3) is 3.94. The third-order valence-corrected chi connectivity index (χ3v) is 4.44. The summed E-state index contributed by atoms with van der Waals surface area (Å²) in [6.45, 7) is 0. The maximum absolute atomic E-state index is 13.3. The lowest BCUT2D eigenvalue weighted by Gasteiger charge is -2.08. The fourth-order valence-corrected chi connectivity index (χ4v) is 2.91. The molecule has 0 saturated heterocycles. The molecular formula is C19H10ClF4N5O. The van der Waals surface area contributed by atoms with E-state index in [1.165, 1.54) is 24.4 Å². The molecule has 11 heteroatoms. The number of fused-ring (bicyclic) bond motifs is 1. The quantitative estimate of drug-likeness (QED) is 0.439. The van der Waals surface area contributed by atoms with Crippen molar-refractivity contribution in [2.45, 2.75) is 6.18 Å². The fraction of sp³-hybridized carbons (Fsp3) is 0.0526. The first-order valence-corrected chi connectivity index (χ1v) is 8.73. The average molecular weight is 436 g/mol. The van der Waals surface area contributed by atoms with Gasteiger partial charge in [0.25, 0.3) is 5.91 Å². The number of carbonyl (C=O) groups excluding carboxylic acids is 1. The van der Waals surface area contributed by atoms with E-state index in [4.69, 9.17) is 11.6 Å². The first kappa shape index (κ1) is 19.8. The number of anilines is 1. The van der Waals surface area contributed by atoms with Crippen LogP contribution in [0.5, 0.6) is 0 Å². The van der Waals surface area contributed by atoms with Gasteiger partial charge in [0.15, 0.2) is 5.65 Å². The Morgan fingerprint density at radius 3 is 2.63 bits per heavy atom. The molecule has 4 rings (SSSR count). The summed E-state index contributed by atoms with van der Waals surface area (Å²) in [6.07, 6.45) is -1.67. The van der Waals surface area contributed by atoms with E-state index in [0.717, 1.165) is 18.3 Å². The number of hydrogen-bond acceptors (Lipinski definition) is 4. The molecule has 0 radical (unpaired) electrons. The molecular weight excluding hydrogens is 426 g/mol. The van der Waals surface area contributed by atoms with Crippen LogP contribution in [0, 0.1) is 5.82 Å². The second kappa shape index (κ2) is 7.38.